The molecule has 2 fully saturated rings. The lowest BCUT2D eigenvalue weighted by molar-refractivity contribution is -0.129. The van der Waals surface area contributed by atoms with Gasteiger partial charge < -0.3 is 20.1 Å². The van der Waals surface area contributed by atoms with Crippen molar-refractivity contribution >= 4 is 23.3 Å². The number of fused-ring (bicyclic) bond motifs is 1. The molecule has 2 aliphatic rings. The molecule has 2 amide bonds. The minimum Gasteiger partial charge on any atom is -0.497 e. The first-order chi connectivity index (χ1) is 17.4. The van der Waals surface area contributed by atoms with Gasteiger partial charge in [-0.25, -0.2) is 10.1 Å². The number of aryl methyl sites for hydroxylation is 2. The third kappa shape index (κ3) is 4.83. The Hall–Kier alpha value is -4.09. The van der Waals surface area contributed by atoms with E-state index in [1.54, 1.807) is 42.1 Å². The molecule has 36 heavy (non-hydrogen) atoms. The van der Waals surface area contributed by atoms with Gasteiger partial charge in [-0.2, -0.15) is 5.10 Å². The van der Waals surface area contributed by atoms with Crippen molar-refractivity contribution in [2.24, 2.45) is 5.92 Å². The number of carbonyl (C=O) groups excluding carboxylic acids is 2. The second-order valence-electron chi connectivity index (χ2n) is 8.83. The van der Waals surface area contributed by atoms with E-state index in [4.69, 9.17) is 9.47 Å². The van der Waals surface area contributed by atoms with Gasteiger partial charge in [0.05, 0.1) is 24.4 Å². The van der Waals surface area contributed by atoms with Gasteiger partial charge in [0, 0.05) is 18.7 Å². The van der Waals surface area contributed by atoms with Crippen molar-refractivity contribution in [3.8, 4) is 11.5 Å². The average molecular weight is 492 g/mol. The highest BCUT2D eigenvalue weighted by molar-refractivity contribution is 5.91. The predicted octanol–water partition coefficient (Wildman–Crippen LogP) is 1.67. The maximum Gasteiger partial charge on any atom is 0.263 e. The van der Waals surface area contributed by atoms with Crippen LogP contribution in [0.1, 0.15) is 17.5 Å². The highest BCUT2D eigenvalue weighted by Gasteiger charge is 2.45. The predicted molar refractivity (Wildman–Crippen MR) is 133 cm³/mol. The van der Waals surface area contributed by atoms with E-state index in [9.17, 15) is 9.59 Å². The van der Waals surface area contributed by atoms with Crippen LogP contribution in [-0.2, 0) is 9.59 Å². The Morgan fingerprint density at radius 3 is 2.75 bits per heavy atom. The summed E-state index contributed by atoms with van der Waals surface area (Å²) in [5.41, 5.74) is 6.10. The Morgan fingerprint density at radius 1 is 1.14 bits per heavy atom. The smallest absolute Gasteiger partial charge is 0.263 e. The largest absolute Gasteiger partial charge is 0.497 e. The molecule has 0 radical (unpaired) electrons. The van der Waals surface area contributed by atoms with Crippen LogP contribution in [0.5, 0.6) is 11.5 Å². The molecule has 2 aromatic carbocycles. The lowest BCUT2D eigenvalue weighted by atomic mass is 10.0. The van der Waals surface area contributed by atoms with Crippen LogP contribution in [0.2, 0.25) is 0 Å². The summed E-state index contributed by atoms with van der Waals surface area (Å²) in [4.78, 5) is 25.6. The van der Waals surface area contributed by atoms with E-state index in [1.807, 2.05) is 37.1 Å². The Labute approximate surface area is 208 Å². The summed E-state index contributed by atoms with van der Waals surface area (Å²) in [6, 6.07) is 16.8. The molecule has 188 valence electrons. The maximum absolute atomic E-state index is 13.0. The van der Waals surface area contributed by atoms with Gasteiger partial charge in [-0.3, -0.25) is 19.9 Å². The second kappa shape index (κ2) is 9.88. The van der Waals surface area contributed by atoms with Gasteiger partial charge in [-0.1, -0.05) is 18.2 Å². The number of hydrogen-bond donors (Lipinski definition) is 4. The van der Waals surface area contributed by atoms with Gasteiger partial charge >= 0.3 is 0 Å². The Kier molecular flexibility index (Phi) is 6.49. The number of ether oxygens (including phenoxy) is 2. The summed E-state index contributed by atoms with van der Waals surface area (Å²) >= 11 is 0. The van der Waals surface area contributed by atoms with Crippen LogP contribution in [0.3, 0.4) is 0 Å². The van der Waals surface area contributed by atoms with Crippen LogP contribution in [0.15, 0.2) is 54.6 Å². The number of benzene rings is 2. The Morgan fingerprint density at radius 2 is 1.94 bits per heavy atom. The fourth-order valence-electron chi connectivity index (χ4n) is 4.45. The standard InChI is InChI=1S/C25H29N7O4/c1-15-6-4-7-17(10-15)31-23-20(13-26-31)24(34)29-25(28-23)32-21(11-16(2)30-32)27-22(33)14-36-19-9-5-8-18(12-19)35-3/h4-12,20,23,25-26,28H,13-14H2,1-3H3,(H,27,33)(H,29,34). The number of methoxy groups -OCH3 is 1. The quantitative estimate of drug-likeness (QED) is 0.394. The first-order valence-electron chi connectivity index (χ1n) is 11.7. The summed E-state index contributed by atoms with van der Waals surface area (Å²) in [6.07, 6.45) is -0.954. The van der Waals surface area contributed by atoms with Crippen molar-refractivity contribution in [2.75, 3.05) is 30.6 Å². The number of aromatic nitrogens is 2. The van der Waals surface area contributed by atoms with E-state index in [-0.39, 0.29) is 30.5 Å². The normalized spacial score (nSPS) is 21.0. The summed E-state index contributed by atoms with van der Waals surface area (Å²) in [6.45, 7) is 4.16. The zero-order valence-electron chi connectivity index (χ0n) is 20.3. The van der Waals surface area contributed by atoms with Gasteiger partial charge in [0.2, 0.25) is 5.91 Å². The number of anilines is 2. The van der Waals surface area contributed by atoms with Gasteiger partial charge in [0.1, 0.15) is 23.5 Å². The monoisotopic (exact) mass is 491 g/mol. The third-order valence-corrected chi connectivity index (χ3v) is 6.15. The number of nitrogens with zero attached hydrogens (tertiary/aromatic N) is 3. The lowest BCUT2D eigenvalue weighted by Crippen LogP contribution is -2.61. The van der Waals surface area contributed by atoms with Crippen LogP contribution in [-0.4, -0.2) is 48.0 Å². The molecule has 0 aliphatic carbocycles. The molecule has 0 saturated carbocycles. The summed E-state index contributed by atoms with van der Waals surface area (Å²) in [5, 5.41) is 15.8. The fraction of sp³-hybridized carbons (Fsp3) is 0.320. The van der Waals surface area contributed by atoms with Crippen LogP contribution in [0.25, 0.3) is 0 Å². The molecule has 3 aromatic rings. The van der Waals surface area contributed by atoms with Crippen molar-refractivity contribution in [1.82, 2.24) is 25.8 Å². The van der Waals surface area contributed by atoms with E-state index < -0.39 is 6.29 Å². The first-order valence-corrected chi connectivity index (χ1v) is 11.7. The lowest BCUT2D eigenvalue weighted by Gasteiger charge is -2.37. The van der Waals surface area contributed by atoms with E-state index in [1.165, 1.54) is 0 Å². The Balaban J connectivity index is 1.30. The number of hydrazine groups is 1. The van der Waals surface area contributed by atoms with Gasteiger partial charge in [-0.05, 0) is 43.7 Å². The zero-order chi connectivity index (χ0) is 25.2. The van der Waals surface area contributed by atoms with Crippen molar-refractivity contribution in [1.29, 1.82) is 0 Å². The van der Waals surface area contributed by atoms with Gasteiger partial charge in [0.15, 0.2) is 12.9 Å². The summed E-state index contributed by atoms with van der Waals surface area (Å²) < 4.78 is 12.3. The molecule has 11 heteroatoms. The molecule has 0 bridgehead atoms. The van der Waals surface area contributed by atoms with Crippen LogP contribution in [0, 0.1) is 19.8 Å². The minimum absolute atomic E-state index is 0.0989. The van der Waals surface area contributed by atoms with Crippen LogP contribution >= 0.6 is 0 Å². The van der Waals surface area contributed by atoms with E-state index in [0.717, 1.165) is 11.3 Å². The third-order valence-electron chi connectivity index (χ3n) is 6.15. The zero-order valence-corrected chi connectivity index (χ0v) is 20.3. The summed E-state index contributed by atoms with van der Waals surface area (Å²) in [5.74, 6) is 0.858. The molecule has 3 unspecified atom stereocenters. The van der Waals surface area contributed by atoms with Crippen LogP contribution in [0.4, 0.5) is 11.5 Å². The highest BCUT2D eigenvalue weighted by atomic mass is 16.5. The van der Waals surface area contributed by atoms with Gasteiger partial charge in [0.25, 0.3) is 5.91 Å². The fourth-order valence-corrected chi connectivity index (χ4v) is 4.45. The second-order valence-corrected chi connectivity index (χ2v) is 8.83. The Bertz CT molecular complexity index is 1280. The van der Waals surface area contributed by atoms with E-state index in [0.29, 0.717) is 29.6 Å². The van der Waals surface area contributed by atoms with Crippen molar-refractivity contribution < 1.29 is 19.1 Å². The summed E-state index contributed by atoms with van der Waals surface area (Å²) in [7, 11) is 1.57. The number of hydrogen-bond acceptors (Lipinski definition) is 8. The first kappa shape index (κ1) is 23.6. The van der Waals surface area contributed by atoms with Crippen molar-refractivity contribution in [3.63, 3.8) is 0 Å². The molecule has 3 heterocycles. The molecule has 1 aromatic heterocycles. The molecule has 2 aliphatic heterocycles. The number of amides is 2. The van der Waals surface area contributed by atoms with Crippen molar-refractivity contribution in [3.05, 3.63) is 65.9 Å². The van der Waals surface area contributed by atoms with Gasteiger partial charge in [-0.15, -0.1) is 0 Å². The molecule has 2 saturated heterocycles. The minimum atomic E-state index is -0.658. The van der Waals surface area contributed by atoms with E-state index >= 15 is 0 Å². The molecule has 3 atom stereocenters. The van der Waals surface area contributed by atoms with Crippen molar-refractivity contribution in [2.45, 2.75) is 26.3 Å². The SMILES string of the molecule is COc1cccc(OCC(=O)Nc2cc(C)nn2C2NC(=O)C3CNN(c4cccc(C)c4)C3N2)c1. The molecule has 11 nitrogen and oxygen atoms in total. The number of rotatable bonds is 7. The van der Waals surface area contributed by atoms with Crippen LogP contribution < -0.4 is 35.9 Å². The molecular formula is C25H29N7O4. The molecule has 0 spiro atoms. The molecular weight excluding hydrogens is 462 g/mol. The molecule has 4 N–H and O–H groups in total. The molecule has 5 rings (SSSR count). The highest BCUT2D eigenvalue weighted by Crippen LogP contribution is 2.28. The average Bonchev–Trinajstić information content (AvgIpc) is 3.46. The topological polar surface area (TPSA) is 122 Å². The number of carbonyl (C=O) groups is 2. The van der Waals surface area contributed by atoms with E-state index in [2.05, 4.69) is 32.5 Å². The maximum atomic E-state index is 13.0. The number of nitrogens with one attached hydrogen (secondary N) is 4.